The topological polar surface area (TPSA) is 95.6 Å². The lowest BCUT2D eigenvalue weighted by Crippen LogP contribution is -2.46. The van der Waals surface area contributed by atoms with E-state index in [1.165, 1.54) is 18.3 Å². The molecule has 3 rings (SSSR count). The number of sulfonamides is 1. The zero-order valence-electron chi connectivity index (χ0n) is 15.6. The molecule has 0 saturated carbocycles. The Bertz CT molecular complexity index is 917. The maximum atomic E-state index is 12.7. The minimum absolute atomic E-state index is 0.0642. The van der Waals surface area contributed by atoms with Gasteiger partial charge in [-0.2, -0.15) is 0 Å². The summed E-state index contributed by atoms with van der Waals surface area (Å²) < 4.78 is 27.7. The van der Waals surface area contributed by atoms with Gasteiger partial charge in [0.1, 0.15) is 4.21 Å². The van der Waals surface area contributed by atoms with Gasteiger partial charge in [0.25, 0.3) is 5.91 Å². The molecule has 150 valence electrons. The second-order valence-corrected chi connectivity index (χ2v) is 9.62. The highest BCUT2D eigenvalue weighted by molar-refractivity contribution is 7.91. The Kier molecular flexibility index (Phi) is 6.48. The number of rotatable bonds is 6. The number of thiophene rings is 1. The summed E-state index contributed by atoms with van der Waals surface area (Å²) in [6.07, 6.45) is 1.16. The molecule has 7 nitrogen and oxygen atoms in total. The van der Waals surface area contributed by atoms with E-state index in [1.54, 1.807) is 34.5 Å². The van der Waals surface area contributed by atoms with Gasteiger partial charge in [-0.15, -0.1) is 11.3 Å². The van der Waals surface area contributed by atoms with Crippen LogP contribution < -0.4 is 10.0 Å². The fourth-order valence-corrected chi connectivity index (χ4v) is 5.38. The Morgan fingerprint density at radius 3 is 2.39 bits per heavy atom. The number of carbonyl (C=O) groups is 2. The Hall–Kier alpha value is -2.23. The van der Waals surface area contributed by atoms with Crippen molar-refractivity contribution in [3.05, 3.63) is 52.9 Å². The molecule has 0 aliphatic carbocycles. The van der Waals surface area contributed by atoms with Crippen LogP contribution in [0.3, 0.4) is 0 Å². The molecule has 1 aromatic heterocycles. The van der Waals surface area contributed by atoms with Crippen molar-refractivity contribution < 1.29 is 18.0 Å². The number of piperidine rings is 1. The largest absolute Gasteiger partial charge is 0.352 e. The van der Waals surface area contributed by atoms with Crippen molar-refractivity contribution >= 4 is 33.2 Å². The minimum Gasteiger partial charge on any atom is -0.352 e. The predicted molar refractivity (Wildman–Crippen MR) is 108 cm³/mol. The highest BCUT2D eigenvalue weighted by Gasteiger charge is 2.27. The molecule has 0 bridgehead atoms. The van der Waals surface area contributed by atoms with Crippen LogP contribution in [0.15, 0.2) is 46.0 Å². The summed E-state index contributed by atoms with van der Waals surface area (Å²) in [5, 5.41) is 4.45. The SMILES string of the molecule is CC(=O)NCc1ccc(C(=O)N2CCC(NS(=O)(=O)c3cccs3)CC2)cc1. The third-order valence-electron chi connectivity index (χ3n) is 4.61. The number of hydrogen-bond donors (Lipinski definition) is 2. The maximum absolute atomic E-state index is 12.7. The van der Waals surface area contributed by atoms with E-state index in [9.17, 15) is 18.0 Å². The molecule has 1 fully saturated rings. The monoisotopic (exact) mass is 421 g/mol. The van der Waals surface area contributed by atoms with Crippen molar-refractivity contribution in [2.75, 3.05) is 13.1 Å². The van der Waals surface area contributed by atoms with Crippen molar-refractivity contribution in [3.63, 3.8) is 0 Å². The first-order valence-corrected chi connectivity index (χ1v) is 11.4. The Labute approximate surface area is 168 Å². The summed E-state index contributed by atoms with van der Waals surface area (Å²) in [4.78, 5) is 25.4. The van der Waals surface area contributed by atoms with E-state index >= 15 is 0 Å². The molecule has 2 heterocycles. The molecule has 0 radical (unpaired) electrons. The van der Waals surface area contributed by atoms with Crippen LogP contribution in [0.4, 0.5) is 0 Å². The molecule has 2 N–H and O–H groups in total. The normalized spacial score (nSPS) is 15.4. The smallest absolute Gasteiger partial charge is 0.253 e. The van der Waals surface area contributed by atoms with E-state index in [4.69, 9.17) is 0 Å². The second-order valence-electron chi connectivity index (χ2n) is 6.73. The van der Waals surface area contributed by atoms with E-state index in [2.05, 4.69) is 10.0 Å². The first-order valence-electron chi connectivity index (χ1n) is 9.03. The minimum atomic E-state index is -3.49. The highest BCUT2D eigenvalue weighted by atomic mass is 32.2. The fourth-order valence-electron chi connectivity index (χ4n) is 3.07. The number of amides is 2. The molecule has 1 aliphatic heterocycles. The number of likely N-dealkylation sites (tertiary alicyclic amines) is 1. The fraction of sp³-hybridized carbons (Fsp3) is 0.368. The molecule has 0 unspecified atom stereocenters. The van der Waals surface area contributed by atoms with Gasteiger partial charge >= 0.3 is 0 Å². The first-order chi connectivity index (χ1) is 13.3. The zero-order valence-corrected chi connectivity index (χ0v) is 17.2. The van der Waals surface area contributed by atoms with Crippen LogP contribution >= 0.6 is 11.3 Å². The molecule has 1 aliphatic rings. The van der Waals surface area contributed by atoms with Crippen LogP contribution in [-0.4, -0.2) is 44.3 Å². The van der Waals surface area contributed by atoms with Gasteiger partial charge in [-0.3, -0.25) is 9.59 Å². The van der Waals surface area contributed by atoms with Crippen molar-refractivity contribution in [1.82, 2.24) is 14.9 Å². The predicted octanol–water partition coefficient (Wildman–Crippen LogP) is 1.97. The van der Waals surface area contributed by atoms with Crippen molar-refractivity contribution in [2.45, 2.75) is 36.6 Å². The number of hydrogen-bond acceptors (Lipinski definition) is 5. The van der Waals surface area contributed by atoms with Gasteiger partial charge in [-0.1, -0.05) is 18.2 Å². The van der Waals surface area contributed by atoms with Crippen LogP contribution in [0.2, 0.25) is 0 Å². The molecule has 0 spiro atoms. The van der Waals surface area contributed by atoms with Crippen LogP contribution in [0.1, 0.15) is 35.7 Å². The van der Waals surface area contributed by atoms with Crippen LogP contribution in [0.25, 0.3) is 0 Å². The zero-order chi connectivity index (χ0) is 20.1. The van der Waals surface area contributed by atoms with Gasteiger partial charge < -0.3 is 10.2 Å². The lowest BCUT2D eigenvalue weighted by molar-refractivity contribution is -0.119. The molecule has 28 heavy (non-hydrogen) atoms. The van der Waals surface area contributed by atoms with Gasteiger partial charge in [0, 0.05) is 38.2 Å². The lowest BCUT2D eigenvalue weighted by atomic mass is 10.0. The van der Waals surface area contributed by atoms with E-state index in [0.717, 1.165) is 5.56 Å². The number of carbonyl (C=O) groups excluding carboxylic acids is 2. The summed E-state index contributed by atoms with van der Waals surface area (Å²) in [5.74, 6) is -0.164. The molecule has 0 atom stereocenters. The van der Waals surface area contributed by atoms with Crippen molar-refractivity contribution in [3.8, 4) is 0 Å². The Morgan fingerprint density at radius 2 is 1.82 bits per heavy atom. The van der Waals surface area contributed by atoms with Gasteiger partial charge in [0.2, 0.25) is 15.9 Å². The molecule has 2 amide bonds. The number of nitrogens with zero attached hydrogens (tertiary/aromatic N) is 1. The average Bonchev–Trinajstić information content (AvgIpc) is 3.22. The Balaban J connectivity index is 1.53. The third-order valence-corrected chi connectivity index (χ3v) is 7.52. The van der Waals surface area contributed by atoms with Crippen molar-refractivity contribution in [1.29, 1.82) is 0 Å². The summed E-state index contributed by atoms with van der Waals surface area (Å²) in [7, 11) is -3.49. The third kappa shape index (κ3) is 5.18. The standard InChI is InChI=1S/C19H23N3O4S2/c1-14(23)20-13-15-4-6-16(7-5-15)19(24)22-10-8-17(9-11-22)21-28(25,26)18-3-2-12-27-18/h2-7,12,17,21H,8-11,13H2,1H3,(H,20,23). The molecular formula is C19H23N3O4S2. The van der Waals surface area contributed by atoms with Gasteiger partial charge in [-0.25, -0.2) is 13.1 Å². The Morgan fingerprint density at radius 1 is 1.14 bits per heavy atom. The molecule has 9 heteroatoms. The quantitative estimate of drug-likeness (QED) is 0.745. The summed E-state index contributed by atoms with van der Waals surface area (Å²) in [6.45, 7) is 2.90. The average molecular weight is 422 g/mol. The van der Waals surface area contributed by atoms with E-state index < -0.39 is 10.0 Å². The van der Waals surface area contributed by atoms with Gasteiger partial charge in [0.15, 0.2) is 0 Å². The lowest BCUT2D eigenvalue weighted by Gasteiger charge is -2.32. The number of nitrogens with one attached hydrogen (secondary N) is 2. The van der Waals surface area contributed by atoms with Crippen LogP contribution in [0.5, 0.6) is 0 Å². The second kappa shape index (κ2) is 8.85. The van der Waals surface area contributed by atoms with Crippen LogP contribution in [0, 0.1) is 0 Å². The summed E-state index contributed by atoms with van der Waals surface area (Å²) in [6, 6.07) is 10.3. The van der Waals surface area contributed by atoms with E-state index in [1.807, 2.05) is 12.1 Å². The first kappa shape index (κ1) is 20.5. The van der Waals surface area contributed by atoms with Crippen molar-refractivity contribution in [2.24, 2.45) is 0 Å². The van der Waals surface area contributed by atoms with E-state index in [0.29, 0.717) is 42.2 Å². The highest BCUT2D eigenvalue weighted by Crippen LogP contribution is 2.20. The maximum Gasteiger partial charge on any atom is 0.253 e. The summed E-state index contributed by atoms with van der Waals surface area (Å²) in [5.41, 5.74) is 1.51. The molecule has 1 aromatic carbocycles. The molecule has 1 saturated heterocycles. The van der Waals surface area contributed by atoms with Crippen LogP contribution in [-0.2, 0) is 21.4 Å². The summed E-state index contributed by atoms with van der Waals surface area (Å²) >= 11 is 1.19. The van der Waals surface area contributed by atoms with Gasteiger partial charge in [0.05, 0.1) is 0 Å². The molecule has 2 aromatic rings. The van der Waals surface area contributed by atoms with Gasteiger partial charge in [-0.05, 0) is 42.0 Å². The number of benzene rings is 1. The van der Waals surface area contributed by atoms with E-state index in [-0.39, 0.29) is 17.9 Å². The molecular weight excluding hydrogens is 398 g/mol.